The Balaban J connectivity index is 1.89. The Morgan fingerprint density at radius 3 is 2.65 bits per heavy atom. The number of aliphatic hydroxyl groups is 1. The summed E-state index contributed by atoms with van der Waals surface area (Å²) in [6, 6.07) is 5.12. The van der Waals surface area contributed by atoms with Crippen molar-refractivity contribution < 1.29 is 23.0 Å². The van der Waals surface area contributed by atoms with Crippen LogP contribution in [0.4, 0.5) is 19.0 Å². The summed E-state index contributed by atoms with van der Waals surface area (Å²) >= 11 is 10.6. The molecule has 0 fully saturated rings. The number of ether oxygens (including phenoxy) is 1. The summed E-state index contributed by atoms with van der Waals surface area (Å²) in [6.07, 6.45) is -5.42. The van der Waals surface area contributed by atoms with Gasteiger partial charge in [-0.25, -0.2) is 0 Å². The van der Waals surface area contributed by atoms with Gasteiger partial charge in [-0.05, 0) is 0 Å². The van der Waals surface area contributed by atoms with E-state index in [1.54, 1.807) is 25.2 Å². The van der Waals surface area contributed by atoms with Gasteiger partial charge in [0.1, 0.15) is 0 Å². The minimum absolute atomic E-state index is 0.188. The average Bonchev–Trinajstić information content (AvgIpc) is 2.67. The van der Waals surface area contributed by atoms with Crippen molar-refractivity contribution in [3.8, 4) is 11.3 Å². The van der Waals surface area contributed by atoms with Crippen molar-refractivity contribution in [2.75, 3.05) is 39.1 Å². The summed E-state index contributed by atoms with van der Waals surface area (Å²) in [5, 5.41) is 19.7. The number of hydrogen-bond acceptors (Lipinski definition) is 7. The molecule has 0 aliphatic carbocycles. The summed E-state index contributed by atoms with van der Waals surface area (Å²) in [6.45, 7) is -0.958. The molecule has 7 nitrogen and oxygen atoms in total. The normalized spacial score (nSPS) is 14.1. The van der Waals surface area contributed by atoms with Crippen molar-refractivity contribution in [3.63, 3.8) is 0 Å². The predicted molar refractivity (Wildman–Crippen MR) is 116 cm³/mol. The molecule has 3 N–H and O–H groups in total. The number of nitrogens with two attached hydrogens (primary N) is 1. The fraction of sp³-hybridized carbons (Fsp3) is 0.500. The van der Waals surface area contributed by atoms with Crippen LogP contribution in [0.5, 0.6) is 0 Å². The van der Waals surface area contributed by atoms with Crippen molar-refractivity contribution >= 4 is 48.3 Å². The summed E-state index contributed by atoms with van der Waals surface area (Å²) in [5.41, 5.74) is 9.04. The third kappa shape index (κ3) is 8.36. The average molecular weight is 544 g/mol. The molecule has 0 radical (unpaired) electrons. The van der Waals surface area contributed by atoms with Gasteiger partial charge in [0.2, 0.25) is 0 Å². The van der Waals surface area contributed by atoms with E-state index in [0.717, 1.165) is 5.21 Å². The van der Waals surface area contributed by atoms with Crippen molar-refractivity contribution in [3.05, 3.63) is 28.2 Å². The van der Waals surface area contributed by atoms with Gasteiger partial charge in [0.05, 0.1) is 0 Å². The van der Waals surface area contributed by atoms with Gasteiger partial charge in [-0.1, -0.05) is 0 Å². The summed E-state index contributed by atoms with van der Waals surface area (Å²) in [5.74, 6) is 0.209. The van der Waals surface area contributed by atoms with Crippen LogP contribution in [0.1, 0.15) is 0 Å². The molecule has 0 bridgehead atoms. The second kappa shape index (κ2) is 11.6. The van der Waals surface area contributed by atoms with E-state index in [1.165, 1.54) is 0 Å². The number of anilines is 1. The van der Waals surface area contributed by atoms with E-state index in [0.29, 0.717) is 32.5 Å². The van der Waals surface area contributed by atoms with E-state index >= 15 is 0 Å². The summed E-state index contributed by atoms with van der Waals surface area (Å²) in [4.78, 5) is 6.22. The van der Waals surface area contributed by atoms with Crippen LogP contribution in [0.2, 0.25) is 21.0 Å². The Morgan fingerprint density at radius 2 is 2.00 bits per heavy atom. The molecule has 172 valence electrons. The van der Waals surface area contributed by atoms with Crippen molar-refractivity contribution in [2.24, 2.45) is 0 Å². The quantitative estimate of drug-likeness (QED) is 0.444. The molecule has 1 aromatic heterocycles. The molecule has 0 spiro atoms. The number of aliphatic hydroxyl groups excluding tert-OH is 1. The second-order valence-corrected chi connectivity index (χ2v) is 12.4. The molecule has 1 heterocycles. The fourth-order valence-electron chi connectivity index (χ4n) is 2.60. The molecule has 0 aliphatic rings. The molecular formula is C18H23AsCl2F3N5O2. The van der Waals surface area contributed by atoms with Crippen molar-refractivity contribution in [1.82, 2.24) is 20.1 Å². The zero-order chi connectivity index (χ0) is 23.2. The summed E-state index contributed by atoms with van der Waals surface area (Å²) < 4.78 is 41.3. The van der Waals surface area contributed by atoms with Crippen LogP contribution >= 0.6 is 23.2 Å². The number of alkyl halides is 3. The number of nitrogen functional groups attached to an aromatic ring is 1. The standard InChI is InChI=1S/C18H23AsCl2F3N5O2/c1-19(6-7-29(2)8-11(30)9-31-10-18(22,23)24)17-26-16(25)15(27-28-17)12-4-3-5-13(20)14(12)21/h3-5,11,30H,6-10H2,1-2H3,(H2,25,26,28). The first kappa shape index (κ1) is 26.1. The van der Waals surface area contributed by atoms with Crippen LogP contribution in [-0.2, 0) is 4.74 Å². The zero-order valence-corrected chi connectivity index (χ0v) is 20.3. The number of likely N-dealkylation sites (N-methyl/N-ethyl adjacent to an activating group) is 1. The first-order valence-electron chi connectivity index (χ1n) is 9.14. The monoisotopic (exact) mass is 543 g/mol. The first-order chi connectivity index (χ1) is 14.5. The maximum atomic E-state index is 12.1. The molecule has 2 atom stereocenters. The van der Waals surface area contributed by atoms with Gasteiger partial charge in [0, 0.05) is 0 Å². The second-order valence-electron chi connectivity index (χ2n) is 6.91. The predicted octanol–water partition coefficient (Wildman–Crippen LogP) is 2.63. The van der Waals surface area contributed by atoms with Crippen molar-refractivity contribution in [2.45, 2.75) is 23.2 Å². The number of rotatable bonds is 10. The van der Waals surface area contributed by atoms with Gasteiger partial charge in [-0.2, -0.15) is 0 Å². The van der Waals surface area contributed by atoms with Gasteiger partial charge >= 0.3 is 193 Å². The molecule has 2 rings (SSSR count). The molecule has 2 unspecified atom stereocenters. The van der Waals surface area contributed by atoms with Gasteiger partial charge in [-0.3, -0.25) is 0 Å². The minimum atomic E-state index is -4.41. The molecular weight excluding hydrogens is 521 g/mol. The Bertz CT molecular complexity index is 879. The van der Waals surface area contributed by atoms with E-state index in [4.69, 9.17) is 28.9 Å². The maximum absolute atomic E-state index is 12.1. The molecule has 0 saturated carbocycles. The van der Waals surface area contributed by atoms with Crippen LogP contribution in [-0.4, -0.2) is 85.5 Å². The molecule has 0 saturated heterocycles. The Hall–Kier alpha value is -1.16. The fourth-order valence-corrected chi connectivity index (χ4v) is 5.76. The molecule has 1 aromatic carbocycles. The SMILES string of the molecule is CN(CC[As](C)c1nnc(-c2cccc(Cl)c2Cl)c(N)n1)CC(O)COCC(F)(F)F. The number of nitrogens with zero attached hydrogens (tertiary/aromatic N) is 4. The van der Waals surface area contributed by atoms with Crippen LogP contribution in [0.15, 0.2) is 18.2 Å². The van der Waals surface area contributed by atoms with E-state index in [-0.39, 0.29) is 19.0 Å². The topological polar surface area (TPSA) is 97.4 Å². The van der Waals surface area contributed by atoms with Gasteiger partial charge < -0.3 is 0 Å². The zero-order valence-electron chi connectivity index (χ0n) is 16.9. The van der Waals surface area contributed by atoms with Crippen LogP contribution in [0.25, 0.3) is 11.3 Å². The first-order valence-corrected chi connectivity index (χ1v) is 14.0. The molecule has 2 aromatic rings. The van der Waals surface area contributed by atoms with Crippen LogP contribution < -0.4 is 10.3 Å². The Morgan fingerprint density at radius 1 is 1.29 bits per heavy atom. The summed E-state index contributed by atoms with van der Waals surface area (Å²) in [7, 11) is 1.77. The van der Waals surface area contributed by atoms with Crippen molar-refractivity contribution in [1.29, 1.82) is 0 Å². The van der Waals surface area contributed by atoms with E-state index in [1.807, 2.05) is 10.6 Å². The van der Waals surface area contributed by atoms with Crippen LogP contribution in [0, 0.1) is 0 Å². The van der Waals surface area contributed by atoms with Crippen LogP contribution in [0.3, 0.4) is 0 Å². The molecule has 0 amide bonds. The number of halogens is 5. The Kier molecular flexibility index (Phi) is 9.79. The third-order valence-corrected chi connectivity index (χ3v) is 8.64. The number of hydrogen-bond donors (Lipinski definition) is 2. The molecule has 31 heavy (non-hydrogen) atoms. The number of benzene rings is 1. The van der Waals surface area contributed by atoms with E-state index in [9.17, 15) is 18.3 Å². The number of aromatic nitrogens is 3. The van der Waals surface area contributed by atoms with Gasteiger partial charge in [0.25, 0.3) is 0 Å². The van der Waals surface area contributed by atoms with Gasteiger partial charge in [-0.15, -0.1) is 0 Å². The molecule has 13 heteroatoms. The van der Waals surface area contributed by atoms with E-state index < -0.39 is 33.5 Å². The van der Waals surface area contributed by atoms with E-state index in [2.05, 4.69) is 19.9 Å². The third-order valence-electron chi connectivity index (χ3n) is 4.17. The molecule has 0 aliphatic heterocycles. The van der Waals surface area contributed by atoms with Gasteiger partial charge in [0.15, 0.2) is 0 Å². The Labute approximate surface area is 193 Å².